The molecular weight excluding hydrogens is 268 g/mol. The molecule has 1 heteroatoms. The molecule has 110 valence electrons. The van der Waals surface area contributed by atoms with Crippen molar-refractivity contribution in [3.8, 4) is 0 Å². The van der Waals surface area contributed by atoms with Gasteiger partial charge in [0.15, 0.2) is 0 Å². The summed E-state index contributed by atoms with van der Waals surface area (Å²) in [5.41, 5.74) is 3.75. The molecule has 0 aromatic heterocycles. The van der Waals surface area contributed by atoms with Gasteiger partial charge in [0.25, 0.3) is 0 Å². The maximum atomic E-state index is 5.95. The molecule has 0 aliphatic heterocycles. The minimum atomic E-state index is 0.271. The molecular formula is C21H20O. The van der Waals surface area contributed by atoms with E-state index in [1.165, 1.54) is 16.7 Å². The van der Waals surface area contributed by atoms with E-state index >= 15 is 0 Å². The lowest BCUT2D eigenvalue weighted by Gasteiger charge is -2.15. The van der Waals surface area contributed by atoms with Crippen LogP contribution < -0.4 is 0 Å². The van der Waals surface area contributed by atoms with E-state index in [-0.39, 0.29) is 5.92 Å². The molecule has 1 aliphatic carbocycles. The highest BCUT2D eigenvalue weighted by molar-refractivity contribution is 5.42. The fourth-order valence-corrected chi connectivity index (χ4v) is 2.55. The molecule has 1 nitrogen and oxygen atoms in total. The van der Waals surface area contributed by atoms with Gasteiger partial charge in [-0.1, -0.05) is 91.0 Å². The first-order valence-electron chi connectivity index (χ1n) is 7.65. The third-order valence-electron chi connectivity index (χ3n) is 3.72. The van der Waals surface area contributed by atoms with E-state index < -0.39 is 0 Å². The zero-order chi connectivity index (χ0) is 15.0. The van der Waals surface area contributed by atoms with Crippen LogP contribution in [0.4, 0.5) is 0 Å². The lowest BCUT2D eigenvalue weighted by molar-refractivity contribution is 0.115. The van der Waals surface area contributed by atoms with Crippen molar-refractivity contribution in [3.63, 3.8) is 0 Å². The summed E-state index contributed by atoms with van der Waals surface area (Å²) in [5, 5.41) is 0. The summed E-state index contributed by atoms with van der Waals surface area (Å²) in [4.78, 5) is 0. The van der Waals surface area contributed by atoms with E-state index in [1.54, 1.807) is 0 Å². The topological polar surface area (TPSA) is 9.23 Å². The van der Waals surface area contributed by atoms with Crippen LogP contribution in [-0.2, 0) is 11.3 Å². The van der Waals surface area contributed by atoms with Crippen LogP contribution in [0.1, 0.15) is 17.0 Å². The molecule has 3 rings (SSSR count). The number of hydrogen-bond donors (Lipinski definition) is 0. The predicted molar refractivity (Wildman–Crippen MR) is 91.6 cm³/mol. The summed E-state index contributed by atoms with van der Waals surface area (Å²) in [6, 6.07) is 20.8. The average molecular weight is 288 g/mol. The Hall–Kier alpha value is -2.38. The van der Waals surface area contributed by atoms with Gasteiger partial charge in [0.05, 0.1) is 13.2 Å². The molecule has 0 bridgehead atoms. The van der Waals surface area contributed by atoms with Crippen molar-refractivity contribution in [1.29, 1.82) is 0 Å². The molecule has 22 heavy (non-hydrogen) atoms. The quantitative estimate of drug-likeness (QED) is 0.723. The van der Waals surface area contributed by atoms with Crippen molar-refractivity contribution in [2.24, 2.45) is 0 Å². The molecule has 1 aliphatic rings. The average Bonchev–Trinajstić information content (AvgIpc) is 3.09. The summed E-state index contributed by atoms with van der Waals surface area (Å²) in [6.45, 7) is 1.34. The highest BCUT2D eigenvalue weighted by Gasteiger charge is 2.10. The van der Waals surface area contributed by atoms with E-state index in [4.69, 9.17) is 4.74 Å². The van der Waals surface area contributed by atoms with Gasteiger partial charge in [0.1, 0.15) is 0 Å². The minimum Gasteiger partial charge on any atom is -0.376 e. The van der Waals surface area contributed by atoms with Gasteiger partial charge in [-0.25, -0.2) is 0 Å². The van der Waals surface area contributed by atoms with Crippen LogP contribution in [0.5, 0.6) is 0 Å². The second-order valence-corrected chi connectivity index (χ2v) is 5.40. The summed E-state index contributed by atoms with van der Waals surface area (Å²) >= 11 is 0. The molecule has 0 saturated heterocycles. The van der Waals surface area contributed by atoms with Gasteiger partial charge in [-0.15, -0.1) is 0 Å². The van der Waals surface area contributed by atoms with Gasteiger partial charge in [0, 0.05) is 5.92 Å². The highest BCUT2D eigenvalue weighted by Crippen LogP contribution is 2.22. The first-order valence-corrected chi connectivity index (χ1v) is 7.65. The Morgan fingerprint density at radius 1 is 0.818 bits per heavy atom. The van der Waals surface area contributed by atoms with Crippen LogP contribution in [0.25, 0.3) is 0 Å². The highest BCUT2D eigenvalue weighted by atomic mass is 16.5. The Kier molecular flexibility index (Phi) is 5.01. The van der Waals surface area contributed by atoms with Gasteiger partial charge in [-0.2, -0.15) is 0 Å². The van der Waals surface area contributed by atoms with Crippen LogP contribution in [0.2, 0.25) is 0 Å². The number of ether oxygens (including phenoxy) is 1. The Morgan fingerprint density at radius 2 is 1.45 bits per heavy atom. The summed E-state index contributed by atoms with van der Waals surface area (Å²) in [5.74, 6) is 0.271. The van der Waals surface area contributed by atoms with Crippen LogP contribution in [0.3, 0.4) is 0 Å². The SMILES string of the molecule is C1=CC(=CC(COCc2ccccc2)c2ccccc2)C=C1. The molecule has 0 heterocycles. The smallest absolute Gasteiger partial charge is 0.0717 e. The lowest BCUT2D eigenvalue weighted by atomic mass is 9.97. The van der Waals surface area contributed by atoms with Gasteiger partial charge < -0.3 is 4.74 Å². The normalized spacial score (nSPS) is 14.3. The second kappa shape index (κ2) is 7.58. The number of benzene rings is 2. The van der Waals surface area contributed by atoms with Crippen LogP contribution in [0, 0.1) is 0 Å². The Labute approximate surface area is 132 Å². The Balaban J connectivity index is 1.68. The van der Waals surface area contributed by atoms with Gasteiger partial charge in [-0.05, 0) is 16.7 Å². The van der Waals surface area contributed by atoms with E-state index in [0.29, 0.717) is 13.2 Å². The first kappa shape index (κ1) is 14.6. The van der Waals surface area contributed by atoms with Crippen LogP contribution >= 0.6 is 0 Å². The monoisotopic (exact) mass is 288 g/mol. The molecule has 0 radical (unpaired) electrons. The fraction of sp³-hybridized carbons (Fsp3) is 0.143. The molecule has 2 aromatic rings. The van der Waals surface area contributed by atoms with E-state index in [1.807, 2.05) is 24.3 Å². The second-order valence-electron chi connectivity index (χ2n) is 5.40. The van der Waals surface area contributed by atoms with E-state index in [9.17, 15) is 0 Å². The van der Waals surface area contributed by atoms with Crippen molar-refractivity contribution in [3.05, 3.63) is 108 Å². The van der Waals surface area contributed by atoms with Crippen LogP contribution in [-0.4, -0.2) is 6.61 Å². The zero-order valence-corrected chi connectivity index (χ0v) is 12.6. The van der Waals surface area contributed by atoms with Gasteiger partial charge in [-0.3, -0.25) is 0 Å². The van der Waals surface area contributed by atoms with Crippen molar-refractivity contribution < 1.29 is 4.74 Å². The molecule has 0 spiro atoms. The van der Waals surface area contributed by atoms with Crippen molar-refractivity contribution in [1.82, 2.24) is 0 Å². The molecule has 0 fully saturated rings. The lowest BCUT2D eigenvalue weighted by Crippen LogP contribution is -2.06. The Bertz CT molecular complexity index is 652. The van der Waals surface area contributed by atoms with Crippen molar-refractivity contribution in [2.75, 3.05) is 6.61 Å². The maximum absolute atomic E-state index is 5.95. The largest absolute Gasteiger partial charge is 0.376 e. The molecule has 0 saturated carbocycles. The standard InChI is InChI=1S/C21H20O/c1-3-11-19(12-4-1)16-22-17-21(15-18-9-7-8-10-18)20-13-5-2-6-14-20/h1-15,21H,16-17H2. The summed E-state index contributed by atoms with van der Waals surface area (Å²) in [6.07, 6.45) is 10.7. The molecule has 0 amide bonds. The summed E-state index contributed by atoms with van der Waals surface area (Å²) in [7, 11) is 0. The molecule has 0 N–H and O–H groups in total. The molecule has 1 unspecified atom stereocenters. The number of allylic oxidation sites excluding steroid dienone is 5. The van der Waals surface area contributed by atoms with Crippen molar-refractivity contribution >= 4 is 0 Å². The zero-order valence-electron chi connectivity index (χ0n) is 12.6. The number of hydrogen-bond acceptors (Lipinski definition) is 1. The van der Waals surface area contributed by atoms with Crippen LogP contribution in [0.15, 0.2) is 96.6 Å². The van der Waals surface area contributed by atoms with Gasteiger partial charge in [0.2, 0.25) is 0 Å². The number of rotatable bonds is 6. The fourth-order valence-electron chi connectivity index (χ4n) is 2.55. The van der Waals surface area contributed by atoms with Gasteiger partial charge >= 0.3 is 0 Å². The third-order valence-corrected chi connectivity index (χ3v) is 3.72. The van der Waals surface area contributed by atoms with E-state index in [2.05, 4.69) is 66.8 Å². The minimum absolute atomic E-state index is 0.271. The maximum Gasteiger partial charge on any atom is 0.0717 e. The first-order chi connectivity index (χ1) is 10.9. The Morgan fingerprint density at radius 3 is 2.14 bits per heavy atom. The van der Waals surface area contributed by atoms with Crippen molar-refractivity contribution in [2.45, 2.75) is 12.5 Å². The molecule has 1 atom stereocenters. The third kappa shape index (κ3) is 4.06. The summed E-state index contributed by atoms with van der Waals surface area (Å²) < 4.78 is 5.95. The molecule has 2 aromatic carbocycles. The predicted octanol–water partition coefficient (Wildman–Crippen LogP) is 5.04. The van der Waals surface area contributed by atoms with E-state index in [0.717, 1.165) is 0 Å².